The molecule has 2 heterocycles. The number of carbonyl (C=O) groups is 2. The van der Waals surface area contributed by atoms with Gasteiger partial charge in [0.15, 0.2) is 23.1 Å². The summed E-state index contributed by atoms with van der Waals surface area (Å²) in [6.07, 6.45) is 3.66. The third-order valence-electron chi connectivity index (χ3n) is 6.14. The first-order valence-corrected chi connectivity index (χ1v) is 12.3. The largest absolute Gasteiger partial charge is 0.491 e. The van der Waals surface area contributed by atoms with E-state index in [9.17, 15) is 14.0 Å². The first-order valence-electron chi connectivity index (χ1n) is 12.3. The molecule has 38 heavy (non-hydrogen) atoms. The molecule has 0 atom stereocenters. The average molecular weight is 527 g/mol. The van der Waals surface area contributed by atoms with E-state index in [0.717, 1.165) is 32.0 Å². The zero-order chi connectivity index (χ0) is 26.9. The number of methoxy groups -OCH3 is 2. The molecule has 2 aromatic carbocycles. The molecule has 1 saturated heterocycles. The van der Waals surface area contributed by atoms with Crippen molar-refractivity contribution in [3.05, 3.63) is 48.4 Å². The molecule has 3 aromatic rings. The maximum absolute atomic E-state index is 14.9. The predicted molar refractivity (Wildman–Crippen MR) is 139 cm³/mol. The van der Waals surface area contributed by atoms with E-state index in [-0.39, 0.29) is 24.6 Å². The molecule has 0 saturated carbocycles. The quantitative estimate of drug-likeness (QED) is 0.272. The zero-order valence-electron chi connectivity index (χ0n) is 21.3. The van der Waals surface area contributed by atoms with Crippen molar-refractivity contribution in [3.63, 3.8) is 0 Å². The van der Waals surface area contributed by atoms with Gasteiger partial charge in [0.05, 0.1) is 20.3 Å². The van der Waals surface area contributed by atoms with Crippen LogP contribution < -0.4 is 30.2 Å². The van der Waals surface area contributed by atoms with Crippen molar-refractivity contribution in [1.29, 1.82) is 0 Å². The van der Waals surface area contributed by atoms with Crippen molar-refractivity contribution in [3.8, 4) is 23.0 Å². The first kappa shape index (κ1) is 27.1. The smallest absolute Gasteiger partial charge is 0.313 e. The highest BCUT2D eigenvalue weighted by atomic mass is 19.1. The van der Waals surface area contributed by atoms with E-state index in [1.54, 1.807) is 31.5 Å². The van der Waals surface area contributed by atoms with Crippen LogP contribution in [0.4, 0.5) is 10.1 Å². The monoisotopic (exact) mass is 526 g/mol. The number of benzene rings is 2. The number of nitrogens with zero attached hydrogens (tertiary/aromatic N) is 1. The molecule has 3 N–H and O–H groups in total. The van der Waals surface area contributed by atoms with Crippen molar-refractivity contribution < 1.29 is 32.9 Å². The van der Waals surface area contributed by atoms with Crippen LogP contribution in [0.2, 0.25) is 0 Å². The summed E-state index contributed by atoms with van der Waals surface area (Å²) in [5.74, 6) is -0.651. The van der Waals surface area contributed by atoms with Crippen molar-refractivity contribution >= 4 is 28.4 Å². The number of nitrogens with one attached hydrogen (secondary N) is 3. The van der Waals surface area contributed by atoms with Crippen LogP contribution in [-0.2, 0) is 14.3 Å². The van der Waals surface area contributed by atoms with Crippen LogP contribution in [0.15, 0.2) is 42.6 Å². The van der Waals surface area contributed by atoms with Gasteiger partial charge in [0, 0.05) is 37.0 Å². The van der Waals surface area contributed by atoms with Crippen LogP contribution in [0.1, 0.15) is 12.8 Å². The van der Waals surface area contributed by atoms with Crippen molar-refractivity contribution in [1.82, 2.24) is 15.6 Å². The second kappa shape index (κ2) is 13.0. The molecule has 1 fully saturated rings. The molecular formula is C27H31FN4O6. The highest BCUT2D eigenvalue weighted by molar-refractivity contribution is 6.39. The molecular weight excluding hydrogens is 495 g/mol. The van der Waals surface area contributed by atoms with Gasteiger partial charge in [-0.1, -0.05) is 0 Å². The number of ether oxygens (including phenoxy) is 4. The summed E-state index contributed by atoms with van der Waals surface area (Å²) in [6.45, 7) is 3.00. The number of fused-ring (bicyclic) bond motifs is 1. The first-order chi connectivity index (χ1) is 18.5. The Labute approximate surface area is 219 Å². The Balaban J connectivity index is 1.47. The lowest BCUT2D eigenvalue weighted by molar-refractivity contribution is -0.136. The second-order valence-corrected chi connectivity index (χ2v) is 8.76. The van der Waals surface area contributed by atoms with Gasteiger partial charge in [-0.15, -0.1) is 0 Å². The van der Waals surface area contributed by atoms with Gasteiger partial charge in [0.1, 0.15) is 11.3 Å². The molecule has 10 nitrogen and oxygen atoms in total. The van der Waals surface area contributed by atoms with E-state index in [4.69, 9.17) is 18.9 Å². The number of aromatic nitrogens is 1. The van der Waals surface area contributed by atoms with E-state index in [2.05, 4.69) is 20.9 Å². The number of hydrogen-bond acceptors (Lipinski definition) is 8. The van der Waals surface area contributed by atoms with Gasteiger partial charge in [-0.2, -0.15) is 0 Å². The van der Waals surface area contributed by atoms with Crippen LogP contribution >= 0.6 is 0 Å². The van der Waals surface area contributed by atoms with Gasteiger partial charge in [-0.25, -0.2) is 4.39 Å². The zero-order valence-corrected chi connectivity index (χ0v) is 21.3. The molecule has 1 aromatic heterocycles. The summed E-state index contributed by atoms with van der Waals surface area (Å²) < 4.78 is 37.2. The van der Waals surface area contributed by atoms with Gasteiger partial charge in [0.2, 0.25) is 0 Å². The fourth-order valence-electron chi connectivity index (χ4n) is 4.12. The Bertz CT molecular complexity index is 1280. The van der Waals surface area contributed by atoms with Gasteiger partial charge in [-0.3, -0.25) is 14.6 Å². The van der Waals surface area contributed by atoms with Crippen LogP contribution in [-0.4, -0.2) is 63.9 Å². The highest BCUT2D eigenvalue weighted by Gasteiger charge is 2.19. The number of halogens is 1. The normalized spacial score (nSPS) is 13.7. The number of rotatable bonds is 10. The summed E-state index contributed by atoms with van der Waals surface area (Å²) in [7, 11) is 3.03. The minimum absolute atomic E-state index is 0.0646. The molecule has 0 bridgehead atoms. The molecule has 0 radical (unpaired) electrons. The molecule has 11 heteroatoms. The van der Waals surface area contributed by atoms with E-state index >= 15 is 0 Å². The fourth-order valence-corrected chi connectivity index (χ4v) is 4.12. The molecule has 202 valence electrons. The topological polar surface area (TPSA) is 120 Å². The van der Waals surface area contributed by atoms with Crippen molar-refractivity contribution in [2.24, 2.45) is 5.92 Å². The second-order valence-electron chi connectivity index (χ2n) is 8.76. The maximum atomic E-state index is 14.9. The summed E-state index contributed by atoms with van der Waals surface area (Å²) in [4.78, 5) is 28.3. The highest BCUT2D eigenvalue weighted by Crippen LogP contribution is 2.39. The minimum atomic E-state index is -0.917. The van der Waals surface area contributed by atoms with Gasteiger partial charge < -0.3 is 34.9 Å². The number of hydrogen-bond donors (Lipinski definition) is 3. The van der Waals surface area contributed by atoms with E-state index in [1.807, 2.05) is 0 Å². The molecule has 0 unspecified atom stereocenters. The fraction of sp³-hybridized carbons (Fsp3) is 0.370. The van der Waals surface area contributed by atoms with Gasteiger partial charge >= 0.3 is 11.8 Å². The Morgan fingerprint density at radius 3 is 2.58 bits per heavy atom. The third kappa shape index (κ3) is 6.67. The van der Waals surface area contributed by atoms with E-state index in [0.29, 0.717) is 40.7 Å². The minimum Gasteiger partial charge on any atom is -0.491 e. The molecule has 1 aliphatic rings. The third-order valence-corrected chi connectivity index (χ3v) is 6.14. The number of anilines is 1. The van der Waals surface area contributed by atoms with Crippen LogP contribution in [0.5, 0.6) is 23.0 Å². The lowest BCUT2D eigenvalue weighted by atomic mass is 9.99. The van der Waals surface area contributed by atoms with E-state index in [1.165, 1.54) is 19.2 Å². The number of amides is 2. The van der Waals surface area contributed by atoms with Gasteiger partial charge in [-0.05, 0) is 62.2 Å². The molecule has 4 rings (SSSR count). The maximum Gasteiger partial charge on any atom is 0.313 e. The molecule has 0 aliphatic carbocycles. The molecule has 1 aliphatic heterocycles. The van der Waals surface area contributed by atoms with Crippen molar-refractivity contribution in [2.75, 3.05) is 52.4 Å². The number of piperidine rings is 1. The van der Waals surface area contributed by atoms with Crippen LogP contribution in [0, 0.1) is 11.7 Å². The standard InChI is InChI=1S/C27H31FN4O6/c1-35-14-13-31-26(33)27(34)32-18-3-5-22(20(28)15-18)38-21-9-12-30-24-19(21)4-6-23(25(24)36-2)37-16-17-7-10-29-11-8-17/h3-6,9,12,15,17,29H,7-8,10-11,13-14,16H2,1-2H3,(H,31,33)(H,32,34). The molecule has 0 spiro atoms. The van der Waals surface area contributed by atoms with Gasteiger partial charge in [0.25, 0.3) is 0 Å². The van der Waals surface area contributed by atoms with Crippen molar-refractivity contribution in [2.45, 2.75) is 12.8 Å². The SMILES string of the molecule is COCCNC(=O)C(=O)Nc1ccc(Oc2ccnc3c(OC)c(OCC4CCNCC4)ccc23)c(F)c1. The van der Waals surface area contributed by atoms with Crippen LogP contribution in [0.3, 0.4) is 0 Å². The Morgan fingerprint density at radius 1 is 1.05 bits per heavy atom. The Morgan fingerprint density at radius 2 is 1.84 bits per heavy atom. The average Bonchev–Trinajstić information content (AvgIpc) is 2.93. The number of pyridine rings is 1. The Hall–Kier alpha value is -3.96. The lowest BCUT2D eigenvalue weighted by Gasteiger charge is -2.23. The summed E-state index contributed by atoms with van der Waals surface area (Å²) in [6, 6.07) is 9.10. The summed E-state index contributed by atoms with van der Waals surface area (Å²) >= 11 is 0. The lowest BCUT2D eigenvalue weighted by Crippen LogP contribution is -2.37. The molecule has 2 amide bonds. The van der Waals surface area contributed by atoms with E-state index < -0.39 is 17.6 Å². The number of carbonyl (C=O) groups excluding carboxylic acids is 2. The summed E-state index contributed by atoms with van der Waals surface area (Å²) in [5.41, 5.74) is 0.634. The predicted octanol–water partition coefficient (Wildman–Crippen LogP) is 3.25. The Kier molecular flexibility index (Phi) is 9.28. The van der Waals surface area contributed by atoms with Crippen LogP contribution in [0.25, 0.3) is 10.9 Å². The summed E-state index contributed by atoms with van der Waals surface area (Å²) in [5, 5.41) is 8.71.